The van der Waals surface area contributed by atoms with E-state index < -0.39 is 15.7 Å². The fourth-order valence-electron chi connectivity index (χ4n) is 4.35. The van der Waals surface area contributed by atoms with Crippen molar-refractivity contribution in [1.82, 2.24) is 19.8 Å². The summed E-state index contributed by atoms with van der Waals surface area (Å²) >= 11 is 6.33. The van der Waals surface area contributed by atoms with E-state index in [4.69, 9.17) is 11.6 Å². The molecule has 1 unspecified atom stereocenters. The molecule has 3 aromatic rings. The van der Waals surface area contributed by atoms with E-state index >= 15 is 0 Å². The summed E-state index contributed by atoms with van der Waals surface area (Å²) in [5.41, 5.74) is 1.68. The number of hydrogen-bond donors (Lipinski definition) is 1. The van der Waals surface area contributed by atoms with Crippen molar-refractivity contribution in [2.24, 2.45) is 0 Å². The fourth-order valence-corrected chi connectivity index (χ4v) is 5.33. The minimum absolute atomic E-state index is 0.0942. The molecule has 0 radical (unpaired) electrons. The summed E-state index contributed by atoms with van der Waals surface area (Å²) < 4.78 is 40.1. The first-order valence-corrected chi connectivity index (χ1v) is 13.2. The minimum atomic E-state index is -3.34. The molecule has 0 spiro atoms. The van der Waals surface area contributed by atoms with Gasteiger partial charge in [0.25, 0.3) is 0 Å². The van der Waals surface area contributed by atoms with Crippen molar-refractivity contribution < 1.29 is 17.6 Å². The number of aromatic nitrogens is 2. The molecule has 1 fully saturated rings. The molecule has 1 amide bonds. The molecule has 0 saturated carbocycles. The maximum absolute atomic E-state index is 14.7. The van der Waals surface area contributed by atoms with Gasteiger partial charge in [-0.1, -0.05) is 29.8 Å². The molecule has 10 heteroatoms. The number of para-hydroxylation sites is 2. The zero-order valence-electron chi connectivity index (χ0n) is 18.3. The Hall–Kier alpha value is -2.49. The molecule has 1 aliphatic heterocycles. The fraction of sp³-hybridized carbons (Fsp3) is 0.391. The molecule has 1 aromatic heterocycles. The van der Waals surface area contributed by atoms with Crippen LogP contribution in [0.15, 0.2) is 42.5 Å². The first-order chi connectivity index (χ1) is 15.7. The Morgan fingerprint density at radius 1 is 1.18 bits per heavy atom. The second-order valence-electron chi connectivity index (χ2n) is 8.37. The van der Waals surface area contributed by atoms with E-state index in [0.717, 1.165) is 32.2 Å². The Labute approximate surface area is 197 Å². The largest absolute Gasteiger partial charge is 0.353 e. The quantitative estimate of drug-likeness (QED) is 0.521. The second-order valence-corrected chi connectivity index (χ2v) is 10.9. The van der Waals surface area contributed by atoms with Gasteiger partial charge in [-0.2, -0.15) is 0 Å². The van der Waals surface area contributed by atoms with Crippen LogP contribution in [0.5, 0.6) is 0 Å². The van der Waals surface area contributed by atoms with E-state index in [-0.39, 0.29) is 30.8 Å². The van der Waals surface area contributed by atoms with Crippen molar-refractivity contribution in [2.75, 3.05) is 25.9 Å². The average Bonchev–Trinajstić information content (AvgIpc) is 3.38. The molecule has 2 heterocycles. The van der Waals surface area contributed by atoms with Gasteiger partial charge in [-0.05, 0) is 50.2 Å². The van der Waals surface area contributed by atoms with E-state index in [0.29, 0.717) is 27.4 Å². The van der Waals surface area contributed by atoms with Crippen LogP contribution < -0.4 is 5.32 Å². The molecular weight excluding hydrogens is 467 g/mol. The summed E-state index contributed by atoms with van der Waals surface area (Å²) in [7, 11) is -3.34. The first-order valence-electron chi connectivity index (χ1n) is 10.8. The summed E-state index contributed by atoms with van der Waals surface area (Å²) in [6.07, 6.45) is 3.15. The number of halogens is 2. The smallest absolute Gasteiger partial charge is 0.240 e. The monoisotopic (exact) mass is 492 g/mol. The molecular formula is C23H26ClFN4O3S. The SMILES string of the molecule is CS(=O)(=O)Cc1nc2ccccc2n1CC(=O)NCC(c1c(F)cccc1Cl)N1CCCC1. The number of nitrogens with one attached hydrogen (secondary N) is 1. The third-order valence-electron chi connectivity index (χ3n) is 5.83. The number of nitrogens with zero attached hydrogens (tertiary/aromatic N) is 3. The molecule has 7 nitrogen and oxygen atoms in total. The number of imidazole rings is 1. The molecule has 0 aliphatic carbocycles. The highest BCUT2D eigenvalue weighted by Gasteiger charge is 2.28. The lowest BCUT2D eigenvalue weighted by Crippen LogP contribution is -2.38. The standard InChI is InChI=1S/C23H26ClFN4O3S/c1-33(31,32)15-21-27-18-9-2-3-10-19(18)29(21)14-22(30)26-13-20(28-11-4-5-12-28)23-16(24)7-6-8-17(23)25/h2-3,6-10,20H,4-5,11-15H2,1H3,(H,26,30). The van der Waals surface area contributed by atoms with Gasteiger partial charge in [0.1, 0.15) is 23.9 Å². The Morgan fingerprint density at radius 3 is 2.61 bits per heavy atom. The summed E-state index contributed by atoms with van der Waals surface area (Å²) in [6.45, 7) is 1.70. The van der Waals surface area contributed by atoms with E-state index in [1.54, 1.807) is 28.8 Å². The van der Waals surface area contributed by atoms with Crippen LogP contribution in [0.3, 0.4) is 0 Å². The van der Waals surface area contributed by atoms with Gasteiger partial charge < -0.3 is 9.88 Å². The lowest BCUT2D eigenvalue weighted by molar-refractivity contribution is -0.121. The summed E-state index contributed by atoms with van der Waals surface area (Å²) in [6, 6.07) is 11.4. The molecule has 1 atom stereocenters. The number of rotatable bonds is 8. The third kappa shape index (κ3) is 5.54. The van der Waals surface area contributed by atoms with Gasteiger partial charge in [-0.15, -0.1) is 0 Å². The van der Waals surface area contributed by atoms with E-state index in [1.165, 1.54) is 6.07 Å². The predicted molar refractivity (Wildman–Crippen MR) is 126 cm³/mol. The second kappa shape index (κ2) is 9.79. The molecule has 0 bridgehead atoms. The molecule has 33 heavy (non-hydrogen) atoms. The summed E-state index contributed by atoms with van der Waals surface area (Å²) in [5, 5.41) is 3.23. The highest BCUT2D eigenvalue weighted by atomic mass is 35.5. The van der Waals surface area contributed by atoms with Crippen molar-refractivity contribution in [3.63, 3.8) is 0 Å². The van der Waals surface area contributed by atoms with E-state index in [9.17, 15) is 17.6 Å². The number of carbonyl (C=O) groups is 1. The van der Waals surface area contributed by atoms with Crippen molar-refractivity contribution in [3.05, 3.63) is 64.7 Å². The van der Waals surface area contributed by atoms with Gasteiger partial charge in [0.15, 0.2) is 9.84 Å². The van der Waals surface area contributed by atoms with Crippen LogP contribution in [0.2, 0.25) is 5.02 Å². The van der Waals surface area contributed by atoms with Crippen LogP contribution in [0, 0.1) is 5.82 Å². The summed E-state index contributed by atoms with van der Waals surface area (Å²) in [5.74, 6) is -0.674. The molecule has 4 rings (SSSR count). The molecule has 1 aliphatic rings. The number of benzene rings is 2. The van der Waals surface area contributed by atoms with Gasteiger partial charge >= 0.3 is 0 Å². The summed E-state index contributed by atoms with van der Waals surface area (Å²) in [4.78, 5) is 19.5. The van der Waals surface area contributed by atoms with Gasteiger partial charge in [0.05, 0.1) is 17.1 Å². The first kappa shape index (κ1) is 23.7. The third-order valence-corrected chi connectivity index (χ3v) is 6.95. The maximum atomic E-state index is 14.7. The van der Waals surface area contributed by atoms with E-state index in [2.05, 4.69) is 15.2 Å². The van der Waals surface area contributed by atoms with Gasteiger partial charge in [0.2, 0.25) is 5.91 Å². The Balaban J connectivity index is 1.56. The minimum Gasteiger partial charge on any atom is -0.353 e. The van der Waals surface area contributed by atoms with Crippen LogP contribution in [0.25, 0.3) is 11.0 Å². The lowest BCUT2D eigenvalue weighted by atomic mass is 10.0. The number of carbonyl (C=O) groups excluding carboxylic acids is 1. The Kier molecular flexibility index (Phi) is 7.02. The zero-order valence-corrected chi connectivity index (χ0v) is 19.9. The number of fused-ring (bicyclic) bond motifs is 1. The number of hydrogen-bond acceptors (Lipinski definition) is 5. The normalized spacial score (nSPS) is 15.7. The maximum Gasteiger partial charge on any atom is 0.240 e. The van der Waals surface area contributed by atoms with Crippen LogP contribution in [0.1, 0.15) is 30.3 Å². The van der Waals surface area contributed by atoms with Gasteiger partial charge in [-0.3, -0.25) is 9.69 Å². The predicted octanol–water partition coefficient (Wildman–Crippen LogP) is 3.33. The van der Waals surface area contributed by atoms with Gasteiger partial charge in [-0.25, -0.2) is 17.8 Å². The molecule has 1 N–H and O–H groups in total. The zero-order chi connectivity index (χ0) is 23.6. The van der Waals surface area contributed by atoms with Crippen molar-refractivity contribution in [3.8, 4) is 0 Å². The average molecular weight is 493 g/mol. The van der Waals surface area contributed by atoms with Gasteiger partial charge in [0, 0.05) is 23.4 Å². The van der Waals surface area contributed by atoms with Crippen LogP contribution in [0.4, 0.5) is 4.39 Å². The highest BCUT2D eigenvalue weighted by Crippen LogP contribution is 2.32. The highest BCUT2D eigenvalue weighted by molar-refractivity contribution is 7.89. The van der Waals surface area contributed by atoms with Crippen LogP contribution in [-0.2, 0) is 26.9 Å². The van der Waals surface area contributed by atoms with Crippen molar-refractivity contribution >= 4 is 38.4 Å². The Morgan fingerprint density at radius 2 is 1.91 bits per heavy atom. The number of sulfone groups is 1. The van der Waals surface area contributed by atoms with E-state index in [1.807, 2.05) is 12.1 Å². The Bertz CT molecular complexity index is 1250. The van der Waals surface area contributed by atoms with Crippen LogP contribution in [-0.4, -0.2) is 54.7 Å². The number of likely N-dealkylation sites (tertiary alicyclic amines) is 1. The molecule has 176 valence electrons. The number of amides is 1. The van der Waals surface area contributed by atoms with Crippen molar-refractivity contribution in [1.29, 1.82) is 0 Å². The topological polar surface area (TPSA) is 84.3 Å². The van der Waals surface area contributed by atoms with Crippen molar-refractivity contribution in [2.45, 2.75) is 31.2 Å². The van der Waals surface area contributed by atoms with Crippen LogP contribution >= 0.6 is 11.6 Å². The molecule has 1 saturated heterocycles. The molecule has 2 aromatic carbocycles. The lowest BCUT2D eigenvalue weighted by Gasteiger charge is -2.29.